The molecular formula is C23H36Cl2N4O5S. The van der Waals surface area contributed by atoms with Crippen LogP contribution in [0.2, 0.25) is 10.0 Å². The van der Waals surface area contributed by atoms with Crippen molar-refractivity contribution in [2.24, 2.45) is 5.92 Å². The highest BCUT2D eigenvalue weighted by atomic mass is 35.5. The fourth-order valence-electron chi connectivity index (χ4n) is 3.93. The number of nitrogens with one attached hydrogen (secondary N) is 4. The zero-order chi connectivity index (χ0) is 26.0. The normalized spacial score (nSPS) is 16.6. The Morgan fingerprint density at radius 2 is 1.83 bits per heavy atom. The molecule has 35 heavy (non-hydrogen) atoms. The van der Waals surface area contributed by atoms with Crippen molar-refractivity contribution in [2.45, 2.75) is 81.9 Å². The van der Waals surface area contributed by atoms with E-state index in [-0.39, 0.29) is 41.4 Å². The summed E-state index contributed by atoms with van der Waals surface area (Å²) in [5, 5.41) is 18.9. The maximum Gasteiger partial charge on any atom is 0.321 e. The van der Waals surface area contributed by atoms with Crippen LogP contribution in [-0.4, -0.2) is 56.7 Å². The molecule has 1 aliphatic rings. The Morgan fingerprint density at radius 1 is 1.14 bits per heavy atom. The minimum absolute atomic E-state index is 0.00211. The fraction of sp³-hybridized carbons (Fsp3) is 0.652. The van der Waals surface area contributed by atoms with Crippen LogP contribution in [0.25, 0.3) is 0 Å². The molecular weight excluding hydrogens is 515 g/mol. The maximum atomic E-state index is 12.7. The third-order valence-electron chi connectivity index (χ3n) is 5.75. The van der Waals surface area contributed by atoms with E-state index >= 15 is 0 Å². The summed E-state index contributed by atoms with van der Waals surface area (Å²) in [5.41, 5.74) is 0. The summed E-state index contributed by atoms with van der Waals surface area (Å²) in [6.45, 7) is 3.93. The number of aliphatic hydroxyl groups is 1. The molecule has 0 aromatic heterocycles. The molecule has 1 saturated carbocycles. The SMILES string of the molecule is CC(C)C[C@H](NC[C@@H](O)CCNS(=O)(=O)c1ccc(Cl)cc1Cl)C(=O)NC(=O)NC1CCCCC1. The van der Waals surface area contributed by atoms with E-state index in [1.165, 1.54) is 18.2 Å². The second-order valence-electron chi connectivity index (χ2n) is 9.30. The van der Waals surface area contributed by atoms with E-state index in [4.69, 9.17) is 23.2 Å². The third-order valence-corrected chi connectivity index (χ3v) is 7.93. The molecule has 2 atom stereocenters. The van der Waals surface area contributed by atoms with Gasteiger partial charge in [-0.3, -0.25) is 10.1 Å². The minimum Gasteiger partial charge on any atom is -0.392 e. The van der Waals surface area contributed by atoms with E-state index in [1.807, 2.05) is 13.8 Å². The highest BCUT2D eigenvalue weighted by Gasteiger charge is 2.24. The third kappa shape index (κ3) is 10.6. The second-order valence-corrected chi connectivity index (χ2v) is 11.9. The molecule has 2 rings (SSSR count). The van der Waals surface area contributed by atoms with Crippen molar-refractivity contribution in [1.29, 1.82) is 0 Å². The summed E-state index contributed by atoms with van der Waals surface area (Å²) >= 11 is 11.8. The lowest BCUT2D eigenvalue weighted by molar-refractivity contribution is -0.122. The van der Waals surface area contributed by atoms with E-state index < -0.39 is 34.1 Å². The molecule has 9 nitrogen and oxygen atoms in total. The average molecular weight is 552 g/mol. The molecule has 1 fully saturated rings. The summed E-state index contributed by atoms with van der Waals surface area (Å²) in [6, 6.07) is 2.98. The van der Waals surface area contributed by atoms with E-state index in [2.05, 4.69) is 20.7 Å². The predicted molar refractivity (Wildman–Crippen MR) is 137 cm³/mol. The standard InChI is InChI=1S/C23H36Cl2N4O5S/c1-15(2)12-20(22(31)29-23(32)28-17-6-4-3-5-7-17)26-14-18(30)10-11-27-35(33,34)21-9-8-16(24)13-19(21)25/h8-9,13,15,17-18,20,26-27,30H,3-7,10-12,14H2,1-2H3,(H2,28,29,31,32)/t18-,20-/m0/s1. The number of carbonyl (C=O) groups is 2. The van der Waals surface area contributed by atoms with Crippen LogP contribution in [0.3, 0.4) is 0 Å². The lowest BCUT2D eigenvalue weighted by atomic mass is 9.96. The van der Waals surface area contributed by atoms with Crippen molar-refractivity contribution in [3.63, 3.8) is 0 Å². The monoisotopic (exact) mass is 550 g/mol. The van der Waals surface area contributed by atoms with E-state index in [1.54, 1.807) is 0 Å². The van der Waals surface area contributed by atoms with Gasteiger partial charge < -0.3 is 15.7 Å². The number of imide groups is 1. The number of urea groups is 1. The molecule has 0 aliphatic heterocycles. The summed E-state index contributed by atoms with van der Waals surface area (Å²) in [5.74, 6) is -0.287. The van der Waals surface area contributed by atoms with E-state index in [0.717, 1.165) is 32.1 Å². The van der Waals surface area contributed by atoms with Gasteiger partial charge in [-0.25, -0.2) is 17.9 Å². The molecule has 0 radical (unpaired) electrons. The Balaban J connectivity index is 1.81. The molecule has 0 unspecified atom stereocenters. The van der Waals surface area contributed by atoms with Gasteiger partial charge in [0.15, 0.2) is 0 Å². The van der Waals surface area contributed by atoms with Gasteiger partial charge in [-0.05, 0) is 49.8 Å². The van der Waals surface area contributed by atoms with Gasteiger partial charge in [0, 0.05) is 24.2 Å². The molecule has 3 amide bonds. The number of hydrogen-bond acceptors (Lipinski definition) is 6. The van der Waals surface area contributed by atoms with Gasteiger partial charge >= 0.3 is 6.03 Å². The van der Waals surface area contributed by atoms with E-state index in [9.17, 15) is 23.1 Å². The number of halogens is 2. The molecule has 5 N–H and O–H groups in total. The number of amides is 3. The van der Waals surface area contributed by atoms with Crippen molar-refractivity contribution < 1.29 is 23.1 Å². The fourth-order valence-corrected chi connectivity index (χ4v) is 5.75. The molecule has 198 valence electrons. The largest absolute Gasteiger partial charge is 0.392 e. The van der Waals surface area contributed by atoms with Crippen LogP contribution >= 0.6 is 23.2 Å². The first-order chi connectivity index (χ1) is 16.5. The first kappa shape index (κ1) is 29.8. The highest BCUT2D eigenvalue weighted by Crippen LogP contribution is 2.24. The Bertz CT molecular complexity index is 955. The molecule has 0 heterocycles. The Labute approximate surface area is 217 Å². The van der Waals surface area contributed by atoms with Crippen molar-refractivity contribution >= 4 is 45.2 Å². The Morgan fingerprint density at radius 3 is 2.46 bits per heavy atom. The zero-order valence-electron chi connectivity index (χ0n) is 20.1. The van der Waals surface area contributed by atoms with Crippen LogP contribution in [0, 0.1) is 5.92 Å². The summed E-state index contributed by atoms with van der Waals surface area (Å²) < 4.78 is 27.3. The number of sulfonamides is 1. The van der Waals surface area contributed by atoms with E-state index in [0.29, 0.717) is 11.4 Å². The van der Waals surface area contributed by atoms with Crippen molar-refractivity contribution in [3.8, 4) is 0 Å². The van der Waals surface area contributed by atoms with Gasteiger partial charge in [0.2, 0.25) is 15.9 Å². The summed E-state index contributed by atoms with van der Waals surface area (Å²) in [7, 11) is -3.87. The van der Waals surface area contributed by atoms with Gasteiger partial charge in [-0.15, -0.1) is 0 Å². The lowest BCUT2D eigenvalue weighted by Crippen LogP contribution is -2.52. The summed E-state index contributed by atoms with van der Waals surface area (Å²) in [4.78, 5) is 24.8. The summed E-state index contributed by atoms with van der Waals surface area (Å²) in [6.07, 6.45) is 4.78. The highest BCUT2D eigenvalue weighted by molar-refractivity contribution is 7.89. The Hall–Kier alpha value is -1.43. The first-order valence-electron chi connectivity index (χ1n) is 12.0. The van der Waals surface area contributed by atoms with Crippen LogP contribution < -0.4 is 20.7 Å². The van der Waals surface area contributed by atoms with Crippen molar-refractivity contribution in [2.75, 3.05) is 13.1 Å². The average Bonchev–Trinajstić information content (AvgIpc) is 2.76. The number of benzene rings is 1. The van der Waals surface area contributed by atoms with Gasteiger partial charge in [0.05, 0.1) is 17.2 Å². The zero-order valence-corrected chi connectivity index (χ0v) is 22.5. The van der Waals surface area contributed by atoms with Crippen LogP contribution in [0.15, 0.2) is 23.1 Å². The molecule has 0 bridgehead atoms. The molecule has 1 aromatic rings. The number of hydrogen-bond donors (Lipinski definition) is 5. The molecule has 0 saturated heterocycles. The number of aliphatic hydroxyl groups excluding tert-OH is 1. The number of rotatable bonds is 12. The quantitative estimate of drug-likeness (QED) is 0.271. The van der Waals surface area contributed by atoms with Gasteiger partial charge in [-0.2, -0.15) is 0 Å². The molecule has 12 heteroatoms. The van der Waals surface area contributed by atoms with Crippen LogP contribution in [0.5, 0.6) is 0 Å². The second kappa shape index (κ2) is 14.3. The smallest absolute Gasteiger partial charge is 0.321 e. The van der Waals surface area contributed by atoms with Crippen molar-refractivity contribution in [3.05, 3.63) is 28.2 Å². The molecule has 1 aromatic carbocycles. The first-order valence-corrected chi connectivity index (χ1v) is 14.2. The van der Waals surface area contributed by atoms with Gasteiger partial charge in [-0.1, -0.05) is 56.3 Å². The minimum atomic E-state index is -3.87. The Kier molecular flexibility index (Phi) is 12.2. The van der Waals surface area contributed by atoms with Crippen molar-refractivity contribution in [1.82, 2.24) is 20.7 Å². The van der Waals surface area contributed by atoms with Crippen LogP contribution in [0.4, 0.5) is 4.79 Å². The maximum absolute atomic E-state index is 12.7. The van der Waals surface area contributed by atoms with Gasteiger partial charge in [0.1, 0.15) is 4.90 Å². The van der Waals surface area contributed by atoms with Crippen LogP contribution in [0.1, 0.15) is 58.8 Å². The van der Waals surface area contributed by atoms with Crippen LogP contribution in [-0.2, 0) is 14.8 Å². The molecule has 1 aliphatic carbocycles. The number of carbonyl (C=O) groups excluding carboxylic acids is 2. The van der Waals surface area contributed by atoms with Gasteiger partial charge in [0.25, 0.3) is 0 Å². The predicted octanol–water partition coefficient (Wildman–Crippen LogP) is 3.19. The lowest BCUT2D eigenvalue weighted by Gasteiger charge is -2.24. The molecule has 0 spiro atoms. The topological polar surface area (TPSA) is 137 Å².